The summed E-state index contributed by atoms with van der Waals surface area (Å²) in [7, 11) is -3.55. The predicted octanol–water partition coefficient (Wildman–Crippen LogP) is 4.96. The Morgan fingerprint density at radius 3 is 2.21 bits per heavy atom. The van der Waals surface area contributed by atoms with Crippen molar-refractivity contribution in [3.8, 4) is 11.5 Å². The lowest BCUT2D eigenvalue weighted by molar-refractivity contribution is -0.141. The van der Waals surface area contributed by atoms with E-state index in [1.165, 1.54) is 30.3 Å². The smallest absolute Gasteiger partial charge is 0.349 e. The molecule has 2 aromatic heterocycles. The number of benzene rings is 1. The van der Waals surface area contributed by atoms with Gasteiger partial charge in [-0.2, -0.15) is 28.1 Å². The van der Waals surface area contributed by atoms with Crippen LogP contribution in [0.15, 0.2) is 41.3 Å². The normalized spacial score (nSPS) is 12.5. The van der Waals surface area contributed by atoms with E-state index in [0.717, 1.165) is 12.3 Å². The lowest BCUT2D eigenvalue weighted by atomic mass is 10.1. The van der Waals surface area contributed by atoms with Crippen LogP contribution in [0.5, 0.6) is 0 Å². The van der Waals surface area contributed by atoms with Crippen LogP contribution in [0.4, 0.5) is 30.8 Å². The summed E-state index contributed by atoms with van der Waals surface area (Å²) in [5, 5.41) is 6.03. The van der Waals surface area contributed by atoms with Gasteiger partial charge >= 0.3 is 6.18 Å². The summed E-state index contributed by atoms with van der Waals surface area (Å²) in [5.74, 6) is -0.0806. The van der Waals surface area contributed by atoms with E-state index >= 15 is 0 Å². The van der Waals surface area contributed by atoms with Crippen LogP contribution in [-0.2, 0) is 16.0 Å². The number of sulfone groups is 1. The number of nitrogens with zero attached hydrogens (tertiary/aromatic N) is 4. The zero-order valence-corrected chi connectivity index (χ0v) is 19.6. The van der Waals surface area contributed by atoms with Crippen molar-refractivity contribution >= 4 is 39.0 Å². The molecule has 8 nitrogen and oxygen atoms in total. The minimum atomic E-state index is -4.64. The second kappa shape index (κ2) is 8.75. The predicted molar refractivity (Wildman–Crippen MR) is 119 cm³/mol. The van der Waals surface area contributed by atoms with Crippen LogP contribution in [0.2, 0.25) is 5.02 Å². The van der Waals surface area contributed by atoms with Gasteiger partial charge in [0.25, 0.3) is 0 Å². The lowest BCUT2D eigenvalue weighted by Gasteiger charge is -2.21. The summed E-state index contributed by atoms with van der Waals surface area (Å²) < 4.78 is 63.2. The average molecular weight is 501 g/mol. The van der Waals surface area contributed by atoms with Crippen LogP contribution in [0.25, 0.3) is 11.5 Å². The molecule has 0 bridgehead atoms. The van der Waals surface area contributed by atoms with Gasteiger partial charge in [-0.05, 0) is 51.1 Å². The molecule has 0 aliphatic rings. The fraction of sp³-hybridized carbons (Fsp3) is 0.300. The maximum absolute atomic E-state index is 13.1. The Balaban J connectivity index is 2.10. The molecule has 0 aliphatic carbocycles. The van der Waals surface area contributed by atoms with Gasteiger partial charge in [-0.15, -0.1) is 0 Å². The minimum absolute atomic E-state index is 0.0284. The Morgan fingerprint density at radius 1 is 0.939 bits per heavy atom. The van der Waals surface area contributed by atoms with Crippen molar-refractivity contribution in [1.82, 2.24) is 19.9 Å². The Labute approximate surface area is 193 Å². The molecule has 1 aromatic carbocycles. The molecule has 2 heterocycles. The van der Waals surface area contributed by atoms with Gasteiger partial charge < -0.3 is 10.6 Å². The van der Waals surface area contributed by atoms with E-state index < -0.39 is 27.2 Å². The minimum Gasteiger partial charge on any atom is -0.349 e. The second-order valence-electron chi connectivity index (χ2n) is 8.16. The molecular formula is C20H20ClF3N6O2S. The summed E-state index contributed by atoms with van der Waals surface area (Å²) in [6, 6.07) is 7.48. The average Bonchev–Trinajstić information content (AvgIpc) is 2.64. The third kappa shape index (κ3) is 6.75. The summed E-state index contributed by atoms with van der Waals surface area (Å²) in [5.41, 5.74) is -1.42. The molecule has 13 heteroatoms. The van der Waals surface area contributed by atoms with Gasteiger partial charge in [0, 0.05) is 22.5 Å². The molecule has 33 heavy (non-hydrogen) atoms. The highest BCUT2D eigenvalue weighted by atomic mass is 35.5. The largest absolute Gasteiger partial charge is 0.433 e. The Hall–Kier alpha value is -2.99. The van der Waals surface area contributed by atoms with E-state index in [4.69, 9.17) is 11.6 Å². The maximum atomic E-state index is 13.1. The third-order valence-electron chi connectivity index (χ3n) is 3.95. The first-order chi connectivity index (χ1) is 15.1. The van der Waals surface area contributed by atoms with Crippen molar-refractivity contribution in [2.24, 2.45) is 0 Å². The number of alkyl halides is 3. The molecule has 0 radical (unpaired) electrons. The van der Waals surface area contributed by atoms with Crippen molar-refractivity contribution < 1.29 is 21.6 Å². The van der Waals surface area contributed by atoms with Crippen molar-refractivity contribution in [2.45, 2.75) is 37.4 Å². The monoisotopic (exact) mass is 500 g/mol. The molecule has 0 fully saturated rings. The molecule has 3 rings (SSSR count). The zero-order valence-electron chi connectivity index (χ0n) is 18.0. The summed E-state index contributed by atoms with van der Waals surface area (Å²) in [4.78, 5) is 16.2. The van der Waals surface area contributed by atoms with E-state index in [2.05, 4.69) is 30.6 Å². The number of hydrogen-bond donors (Lipinski definition) is 2. The number of anilines is 3. The van der Waals surface area contributed by atoms with Crippen molar-refractivity contribution in [3.05, 3.63) is 47.1 Å². The summed E-state index contributed by atoms with van der Waals surface area (Å²) in [6.45, 7) is 5.55. The van der Waals surface area contributed by atoms with Gasteiger partial charge in [-0.3, -0.25) is 0 Å². The van der Waals surface area contributed by atoms with Crippen LogP contribution in [0.1, 0.15) is 26.5 Å². The highest BCUT2D eigenvalue weighted by Gasteiger charge is 2.32. The van der Waals surface area contributed by atoms with Gasteiger partial charge in [0.15, 0.2) is 15.7 Å². The number of aromatic nitrogens is 4. The zero-order chi connectivity index (χ0) is 24.6. The van der Waals surface area contributed by atoms with Crippen LogP contribution < -0.4 is 10.6 Å². The Morgan fingerprint density at radius 2 is 1.61 bits per heavy atom. The molecule has 176 valence electrons. The van der Waals surface area contributed by atoms with Gasteiger partial charge in [-0.1, -0.05) is 17.7 Å². The Bertz CT molecular complexity index is 1290. The van der Waals surface area contributed by atoms with Crippen LogP contribution >= 0.6 is 11.6 Å². The number of hydrogen-bond acceptors (Lipinski definition) is 8. The molecule has 0 spiro atoms. The molecule has 0 saturated carbocycles. The molecule has 3 aromatic rings. The fourth-order valence-corrected chi connectivity index (χ4v) is 3.61. The molecule has 0 amide bonds. The Kier molecular flexibility index (Phi) is 6.53. The van der Waals surface area contributed by atoms with Gasteiger partial charge in [0.05, 0.1) is 4.90 Å². The summed E-state index contributed by atoms with van der Waals surface area (Å²) in [6.07, 6.45) is -3.60. The molecule has 0 atom stereocenters. The summed E-state index contributed by atoms with van der Waals surface area (Å²) >= 11 is 6.04. The number of nitrogens with one attached hydrogen (secondary N) is 2. The maximum Gasteiger partial charge on any atom is 0.433 e. The van der Waals surface area contributed by atoms with Gasteiger partial charge in [0.1, 0.15) is 11.4 Å². The van der Waals surface area contributed by atoms with Crippen molar-refractivity contribution in [1.29, 1.82) is 0 Å². The molecule has 2 N–H and O–H groups in total. The third-order valence-corrected chi connectivity index (χ3v) is 5.26. The first-order valence-electron chi connectivity index (χ1n) is 9.47. The highest BCUT2D eigenvalue weighted by molar-refractivity contribution is 7.90. The number of pyridine rings is 1. The van der Waals surface area contributed by atoms with Crippen LogP contribution in [0.3, 0.4) is 0 Å². The highest BCUT2D eigenvalue weighted by Crippen LogP contribution is 2.30. The standard InChI is InChI=1S/C20H20ClF3N6O2S/c1-19(2,3)30-18-28-16(14-6-5-7-15(26-14)20(22,23)24)27-17(29-18)25-12-8-11(21)9-13(10-12)33(4,31)32/h5-10H,1-4H3,(H2,25,27,28,29,30). The molecule has 0 saturated heterocycles. The van der Waals surface area contributed by atoms with E-state index in [9.17, 15) is 21.6 Å². The lowest BCUT2D eigenvalue weighted by Crippen LogP contribution is -2.27. The topological polar surface area (TPSA) is 110 Å². The second-order valence-corrected chi connectivity index (χ2v) is 10.6. The fourth-order valence-electron chi connectivity index (χ4n) is 2.63. The van der Waals surface area contributed by atoms with E-state index in [-0.39, 0.29) is 39.0 Å². The van der Waals surface area contributed by atoms with Gasteiger partial charge in [-0.25, -0.2) is 13.4 Å². The SMILES string of the molecule is CC(C)(C)Nc1nc(Nc2cc(Cl)cc(S(C)(=O)=O)c2)nc(-c2cccc(C(F)(F)F)n2)n1. The first-order valence-corrected chi connectivity index (χ1v) is 11.7. The van der Waals surface area contributed by atoms with Gasteiger partial charge in [0.2, 0.25) is 11.9 Å². The molecular weight excluding hydrogens is 481 g/mol. The van der Waals surface area contributed by atoms with E-state index in [0.29, 0.717) is 0 Å². The van der Waals surface area contributed by atoms with Crippen LogP contribution in [-0.4, -0.2) is 40.1 Å². The molecule has 0 aliphatic heterocycles. The first kappa shape index (κ1) is 24.6. The van der Waals surface area contributed by atoms with Crippen molar-refractivity contribution in [3.63, 3.8) is 0 Å². The van der Waals surface area contributed by atoms with E-state index in [1.54, 1.807) is 0 Å². The van der Waals surface area contributed by atoms with Crippen molar-refractivity contribution in [2.75, 3.05) is 16.9 Å². The van der Waals surface area contributed by atoms with Crippen LogP contribution in [0, 0.1) is 0 Å². The van der Waals surface area contributed by atoms with E-state index in [1.807, 2.05) is 20.8 Å². The quantitative estimate of drug-likeness (QED) is 0.505. The molecule has 0 unspecified atom stereocenters. The number of rotatable bonds is 5. The number of halogens is 4.